The molecule has 6 nitrogen and oxygen atoms in total. The summed E-state index contributed by atoms with van der Waals surface area (Å²) in [7, 11) is 1.66. The molecule has 2 aromatic rings. The molecule has 2 rings (SSSR count). The zero-order valence-electron chi connectivity index (χ0n) is 10.8. The number of ether oxygens (including phenoxy) is 2. The van der Waals surface area contributed by atoms with E-state index in [9.17, 15) is 0 Å². The molecule has 19 heavy (non-hydrogen) atoms. The number of hydrogen-bond donors (Lipinski definition) is 1. The minimum atomic E-state index is 0.484. The molecule has 0 aliphatic heterocycles. The average Bonchev–Trinajstić information content (AvgIpc) is 2.69. The van der Waals surface area contributed by atoms with E-state index in [-0.39, 0.29) is 0 Å². The largest absolute Gasteiger partial charge is 0.382 e. The van der Waals surface area contributed by atoms with E-state index in [1.165, 1.54) is 0 Å². The first-order chi connectivity index (χ1) is 9.22. The Bertz CT molecular complexity index is 544. The zero-order chi connectivity index (χ0) is 13.7. The van der Waals surface area contributed by atoms with Gasteiger partial charge in [0.05, 0.1) is 13.2 Å². The fourth-order valence-electron chi connectivity index (χ4n) is 1.79. The van der Waals surface area contributed by atoms with Crippen LogP contribution in [-0.4, -0.2) is 41.5 Å². The molecule has 0 aliphatic rings. The van der Waals surface area contributed by atoms with Crippen LogP contribution in [0.4, 0.5) is 5.95 Å². The number of pyridine rings is 1. The van der Waals surface area contributed by atoms with Gasteiger partial charge < -0.3 is 15.2 Å². The highest BCUT2D eigenvalue weighted by Gasteiger charge is 2.09. The number of methoxy groups -OCH3 is 1. The molecule has 2 N–H and O–H groups in total. The fraction of sp³-hybridized carbons (Fsp3) is 0.500. The van der Waals surface area contributed by atoms with Crippen molar-refractivity contribution in [3.63, 3.8) is 0 Å². The number of anilines is 1. The number of rotatable bonds is 7. The lowest BCUT2D eigenvalue weighted by molar-refractivity contribution is 0.0681. The minimum absolute atomic E-state index is 0.484. The van der Waals surface area contributed by atoms with E-state index in [0.717, 1.165) is 28.6 Å². The third-order valence-corrected chi connectivity index (χ3v) is 3.12. The number of nitrogens with zero attached hydrogens (tertiary/aromatic N) is 3. The predicted octanol–water partition coefficient (Wildman–Crippen LogP) is 1.83. The minimum Gasteiger partial charge on any atom is -0.382 e. The fourth-order valence-corrected chi connectivity index (χ4v) is 2.11. The number of aryl methyl sites for hydroxylation is 1. The highest BCUT2D eigenvalue weighted by Crippen LogP contribution is 2.19. The molecule has 0 radical (unpaired) electrons. The zero-order valence-corrected chi connectivity index (χ0v) is 12.4. The van der Waals surface area contributed by atoms with Crippen LogP contribution in [0.15, 0.2) is 16.7 Å². The maximum absolute atomic E-state index is 5.90. The number of imidazole rings is 1. The number of nitrogens with two attached hydrogens (primary N) is 1. The molecule has 0 unspecified atom stereocenters. The summed E-state index contributed by atoms with van der Waals surface area (Å²) in [5.41, 5.74) is 7.50. The second-order valence-electron chi connectivity index (χ2n) is 4.08. The summed E-state index contributed by atoms with van der Waals surface area (Å²) in [4.78, 5) is 8.63. The second kappa shape index (κ2) is 6.83. The molecule has 0 saturated carbocycles. The van der Waals surface area contributed by atoms with Crippen LogP contribution >= 0.6 is 15.9 Å². The molecule has 2 heterocycles. The van der Waals surface area contributed by atoms with E-state index in [2.05, 4.69) is 25.9 Å². The first-order valence-corrected chi connectivity index (χ1v) is 6.85. The van der Waals surface area contributed by atoms with Crippen molar-refractivity contribution in [2.24, 2.45) is 0 Å². The van der Waals surface area contributed by atoms with Crippen LogP contribution in [-0.2, 0) is 16.0 Å². The van der Waals surface area contributed by atoms with Crippen LogP contribution in [0.1, 0.15) is 6.42 Å². The molecule has 0 aliphatic carbocycles. The summed E-state index contributed by atoms with van der Waals surface area (Å²) in [6, 6.07) is 1.91. The molecule has 2 aromatic heterocycles. The number of aromatic nitrogens is 3. The molecule has 7 heteroatoms. The van der Waals surface area contributed by atoms with Gasteiger partial charge in [0.1, 0.15) is 5.52 Å². The van der Waals surface area contributed by atoms with Crippen molar-refractivity contribution in [3.05, 3.63) is 16.7 Å². The lowest BCUT2D eigenvalue weighted by atomic mass is 10.4. The highest BCUT2D eigenvalue weighted by atomic mass is 79.9. The highest BCUT2D eigenvalue weighted by molar-refractivity contribution is 9.10. The van der Waals surface area contributed by atoms with E-state index in [1.54, 1.807) is 13.3 Å². The smallest absolute Gasteiger partial charge is 0.202 e. The Morgan fingerprint density at radius 2 is 2.21 bits per heavy atom. The molecule has 0 amide bonds. The van der Waals surface area contributed by atoms with Gasteiger partial charge in [0.25, 0.3) is 0 Å². The van der Waals surface area contributed by atoms with Crippen LogP contribution in [0.2, 0.25) is 0 Å². The SMILES string of the molecule is COCCOCCCn1c(N)nc2cc(Br)cnc21. The van der Waals surface area contributed by atoms with Crippen LogP contribution < -0.4 is 5.73 Å². The summed E-state index contributed by atoms with van der Waals surface area (Å²) in [5, 5.41) is 0. The predicted molar refractivity (Wildman–Crippen MR) is 77.0 cm³/mol. The topological polar surface area (TPSA) is 75.2 Å². The number of nitrogen functional groups attached to an aromatic ring is 1. The van der Waals surface area contributed by atoms with Crippen molar-refractivity contribution in [3.8, 4) is 0 Å². The molecular formula is C12H17BrN4O2. The lowest BCUT2D eigenvalue weighted by Gasteiger charge is -2.06. The molecule has 0 spiro atoms. The lowest BCUT2D eigenvalue weighted by Crippen LogP contribution is -2.08. The van der Waals surface area contributed by atoms with E-state index in [1.807, 2.05) is 10.6 Å². The van der Waals surface area contributed by atoms with Gasteiger partial charge in [-0.25, -0.2) is 9.97 Å². The first kappa shape index (κ1) is 14.2. The molecule has 0 saturated heterocycles. The van der Waals surface area contributed by atoms with Gasteiger partial charge in [-0.15, -0.1) is 0 Å². The summed E-state index contributed by atoms with van der Waals surface area (Å²) in [6.45, 7) is 2.64. The molecule has 0 fully saturated rings. The monoisotopic (exact) mass is 328 g/mol. The van der Waals surface area contributed by atoms with Crippen LogP contribution in [0, 0.1) is 0 Å². The van der Waals surface area contributed by atoms with Crippen molar-refractivity contribution in [2.75, 3.05) is 32.7 Å². The Kier molecular flexibility index (Phi) is 5.12. The standard InChI is InChI=1S/C12H17BrN4O2/c1-18-5-6-19-4-2-3-17-11-10(16-12(17)14)7-9(13)8-15-11/h7-8H,2-6H2,1H3,(H2,14,16). The van der Waals surface area contributed by atoms with Gasteiger partial charge in [-0.3, -0.25) is 4.57 Å². The third kappa shape index (κ3) is 3.65. The van der Waals surface area contributed by atoms with Gasteiger partial charge in [-0.05, 0) is 28.4 Å². The van der Waals surface area contributed by atoms with Gasteiger partial charge >= 0.3 is 0 Å². The van der Waals surface area contributed by atoms with E-state index >= 15 is 0 Å². The maximum Gasteiger partial charge on any atom is 0.202 e. The quantitative estimate of drug-likeness (QED) is 0.785. The Morgan fingerprint density at radius 3 is 3.00 bits per heavy atom. The second-order valence-corrected chi connectivity index (χ2v) is 4.99. The number of fused-ring (bicyclic) bond motifs is 1. The van der Waals surface area contributed by atoms with E-state index in [0.29, 0.717) is 25.8 Å². The normalized spacial score (nSPS) is 11.3. The Morgan fingerprint density at radius 1 is 1.37 bits per heavy atom. The van der Waals surface area contributed by atoms with Crippen molar-refractivity contribution in [1.82, 2.24) is 14.5 Å². The molecular weight excluding hydrogens is 312 g/mol. The molecule has 0 atom stereocenters. The van der Waals surface area contributed by atoms with Crippen LogP contribution in [0.25, 0.3) is 11.2 Å². The summed E-state index contributed by atoms with van der Waals surface area (Å²) < 4.78 is 13.1. The van der Waals surface area contributed by atoms with Gasteiger partial charge in [0, 0.05) is 30.9 Å². The van der Waals surface area contributed by atoms with Gasteiger partial charge in [-0.1, -0.05) is 0 Å². The molecule has 104 valence electrons. The van der Waals surface area contributed by atoms with Crippen molar-refractivity contribution >= 4 is 33.0 Å². The van der Waals surface area contributed by atoms with E-state index < -0.39 is 0 Å². The molecule has 0 bridgehead atoms. The van der Waals surface area contributed by atoms with Gasteiger partial charge in [0.2, 0.25) is 5.95 Å². The third-order valence-electron chi connectivity index (χ3n) is 2.68. The summed E-state index contributed by atoms with van der Waals surface area (Å²) in [5.74, 6) is 0.484. The van der Waals surface area contributed by atoms with Crippen molar-refractivity contribution in [2.45, 2.75) is 13.0 Å². The maximum atomic E-state index is 5.90. The van der Waals surface area contributed by atoms with E-state index in [4.69, 9.17) is 15.2 Å². The summed E-state index contributed by atoms with van der Waals surface area (Å²) >= 11 is 3.37. The van der Waals surface area contributed by atoms with Crippen LogP contribution in [0.3, 0.4) is 0 Å². The Hall–Kier alpha value is -1.18. The Labute approximate surface area is 120 Å². The Balaban J connectivity index is 1.95. The van der Waals surface area contributed by atoms with Gasteiger partial charge in [0.15, 0.2) is 5.65 Å². The van der Waals surface area contributed by atoms with Crippen molar-refractivity contribution in [1.29, 1.82) is 0 Å². The molecule has 0 aromatic carbocycles. The van der Waals surface area contributed by atoms with Gasteiger partial charge in [-0.2, -0.15) is 0 Å². The van der Waals surface area contributed by atoms with Crippen molar-refractivity contribution < 1.29 is 9.47 Å². The van der Waals surface area contributed by atoms with Crippen LogP contribution in [0.5, 0.6) is 0 Å². The number of hydrogen-bond acceptors (Lipinski definition) is 5. The summed E-state index contributed by atoms with van der Waals surface area (Å²) in [6.07, 6.45) is 2.60. The first-order valence-electron chi connectivity index (χ1n) is 6.06. The number of halogens is 1. The average molecular weight is 329 g/mol.